The molecule has 1 aliphatic heterocycles. The van der Waals surface area contributed by atoms with Crippen LogP contribution in [0.1, 0.15) is 32.4 Å². The third-order valence-electron chi connectivity index (χ3n) is 3.29. The largest absolute Gasteiger partial charge is 0.444 e. The number of hydrogen-bond acceptors (Lipinski definition) is 4. The molecule has 22 heavy (non-hydrogen) atoms. The van der Waals surface area contributed by atoms with Crippen LogP contribution in [0.5, 0.6) is 0 Å². The van der Waals surface area contributed by atoms with Crippen molar-refractivity contribution in [2.75, 3.05) is 19.7 Å². The van der Waals surface area contributed by atoms with Gasteiger partial charge in [0.15, 0.2) is 0 Å². The first-order chi connectivity index (χ1) is 10.3. The summed E-state index contributed by atoms with van der Waals surface area (Å²) in [7, 11) is 0. The van der Waals surface area contributed by atoms with Crippen LogP contribution in [0.4, 0.5) is 4.79 Å². The zero-order valence-corrected chi connectivity index (χ0v) is 15.2. The van der Waals surface area contributed by atoms with Gasteiger partial charge in [0, 0.05) is 10.1 Å². The minimum absolute atomic E-state index is 0.321. The standard InChI is InChI=1S/C16H22INO4/c1-16(2,3)22-15(20)18-7-8-21-13(10-18)14(19)11-5-4-6-12(17)9-11/h4-6,9,13-14,19H,7-8,10H2,1-3H3/t13?,14-/m0/s1. The Morgan fingerprint density at radius 3 is 2.86 bits per heavy atom. The molecule has 5 nitrogen and oxygen atoms in total. The van der Waals surface area contributed by atoms with Gasteiger partial charge in [-0.2, -0.15) is 0 Å². The Morgan fingerprint density at radius 2 is 2.23 bits per heavy atom. The molecule has 1 unspecified atom stereocenters. The first kappa shape index (κ1) is 17.5. The van der Waals surface area contributed by atoms with E-state index in [1.807, 2.05) is 45.0 Å². The Bertz CT molecular complexity index is 529. The van der Waals surface area contributed by atoms with Gasteiger partial charge < -0.3 is 19.5 Å². The molecule has 1 N–H and O–H groups in total. The van der Waals surface area contributed by atoms with E-state index >= 15 is 0 Å². The van der Waals surface area contributed by atoms with Gasteiger partial charge >= 0.3 is 6.09 Å². The van der Waals surface area contributed by atoms with Crippen LogP contribution in [-0.4, -0.2) is 47.5 Å². The van der Waals surface area contributed by atoms with Gasteiger partial charge in [-0.25, -0.2) is 4.79 Å². The van der Waals surface area contributed by atoms with Gasteiger partial charge in [-0.05, 0) is 61.1 Å². The summed E-state index contributed by atoms with van der Waals surface area (Å²) in [5.74, 6) is 0. The van der Waals surface area contributed by atoms with Crippen LogP contribution in [0, 0.1) is 3.57 Å². The van der Waals surface area contributed by atoms with Gasteiger partial charge in [0.1, 0.15) is 17.8 Å². The van der Waals surface area contributed by atoms with Crippen molar-refractivity contribution < 1.29 is 19.4 Å². The topological polar surface area (TPSA) is 59.0 Å². The molecule has 0 spiro atoms. The molecule has 0 saturated carbocycles. The fraction of sp³-hybridized carbons (Fsp3) is 0.562. The monoisotopic (exact) mass is 419 g/mol. The van der Waals surface area contributed by atoms with Gasteiger partial charge in [-0.15, -0.1) is 0 Å². The minimum atomic E-state index is -0.764. The van der Waals surface area contributed by atoms with Crippen LogP contribution < -0.4 is 0 Å². The van der Waals surface area contributed by atoms with E-state index in [4.69, 9.17) is 9.47 Å². The Kier molecular flexibility index (Phi) is 5.68. The number of amides is 1. The van der Waals surface area contributed by atoms with Crippen molar-refractivity contribution in [1.82, 2.24) is 4.90 Å². The number of halogens is 1. The van der Waals surface area contributed by atoms with Gasteiger partial charge in [0.25, 0.3) is 0 Å². The fourth-order valence-corrected chi connectivity index (χ4v) is 2.83. The van der Waals surface area contributed by atoms with Crippen molar-refractivity contribution in [2.24, 2.45) is 0 Å². The van der Waals surface area contributed by atoms with Crippen LogP contribution in [-0.2, 0) is 9.47 Å². The van der Waals surface area contributed by atoms with E-state index in [2.05, 4.69) is 22.6 Å². The van der Waals surface area contributed by atoms with Gasteiger partial charge in [-0.3, -0.25) is 0 Å². The predicted octanol–water partition coefficient (Wildman–Crippen LogP) is 2.96. The molecule has 1 aromatic carbocycles. The van der Waals surface area contributed by atoms with E-state index in [-0.39, 0.29) is 6.09 Å². The maximum Gasteiger partial charge on any atom is 0.410 e. The molecule has 1 aromatic rings. The average molecular weight is 419 g/mol. The number of carbonyl (C=O) groups excluding carboxylic acids is 1. The van der Waals surface area contributed by atoms with E-state index in [1.165, 1.54) is 0 Å². The van der Waals surface area contributed by atoms with Crippen LogP contribution in [0.15, 0.2) is 24.3 Å². The summed E-state index contributed by atoms with van der Waals surface area (Å²) in [5.41, 5.74) is 0.266. The molecule has 0 aliphatic carbocycles. The SMILES string of the molecule is CC(C)(C)OC(=O)N1CCOC([C@@H](O)c2cccc(I)c2)C1. The number of benzene rings is 1. The summed E-state index contributed by atoms with van der Waals surface area (Å²) in [6, 6.07) is 7.64. The number of hydrogen-bond donors (Lipinski definition) is 1. The van der Waals surface area contributed by atoms with Crippen molar-refractivity contribution in [1.29, 1.82) is 0 Å². The number of aliphatic hydroxyl groups is 1. The molecule has 122 valence electrons. The number of ether oxygens (including phenoxy) is 2. The number of morpholine rings is 1. The second-order valence-electron chi connectivity index (χ2n) is 6.34. The third-order valence-corrected chi connectivity index (χ3v) is 3.96. The maximum atomic E-state index is 12.1. The van der Waals surface area contributed by atoms with Gasteiger partial charge in [0.05, 0.1) is 13.2 Å². The summed E-state index contributed by atoms with van der Waals surface area (Å²) in [6.07, 6.45) is -1.57. The lowest BCUT2D eigenvalue weighted by molar-refractivity contribution is -0.0908. The zero-order chi connectivity index (χ0) is 16.3. The molecule has 1 heterocycles. The summed E-state index contributed by atoms with van der Waals surface area (Å²) in [5, 5.41) is 10.5. The lowest BCUT2D eigenvalue weighted by atomic mass is 10.0. The Balaban J connectivity index is 2.02. The number of carbonyl (C=O) groups is 1. The highest BCUT2D eigenvalue weighted by Gasteiger charge is 2.32. The molecule has 2 rings (SSSR count). The molecule has 0 bridgehead atoms. The maximum absolute atomic E-state index is 12.1. The second-order valence-corrected chi connectivity index (χ2v) is 7.58. The quantitative estimate of drug-likeness (QED) is 0.750. The molecule has 0 radical (unpaired) electrons. The van der Waals surface area contributed by atoms with Gasteiger partial charge in [-0.1, -0.05) is 12.1 Å². The molecule has 1 saturated heterocycles. The molecule has 1 aliphatic rings. The molecule has 6 heteroatoms. The van der Waals surface area contributed by atoms with Crippen molar-refractivity contribution in [2.45, 2.75) is 38.6 Å². The van der Waals surface area contributed by atoms with Crippen molar-refractivity contribution in [3.05, 3.63) is 33.4 Å². The molecule has 1 fully saturated rings. The minimum Gasteiger partial charge on any atom is -0.444 e. The summed E-state index contributed by atoms with van der Waals surface area (Å²) >= 11 is 2.20. The van der Waals surface area contributed by atoms with Crippen LogP contribution in [0.25, 0.3) is 0 Å². The first-order valence-corrected chi connectivity index (χ1v) is 8.37. The Morgan fingerprint density at radius 1 is 1.50 bits per heavy atom. The number of rotatable bonds is 2. The van der Waals surface area contributed by atoms with Gasteiger partial charge in [0.2, 0.25) is 0 Å². The van der Waals surface area contributed by atoms with Crippen LogP contribution >= 0.6 is 22.6 Å². The highest BCUT2D eigenvalue weighted by atomic mass is 127. The molecular formula is C16H22INO4. The lowest BCUT2D eigenvalue weighted by Crippen LogP contribution is -2.49. The third kappa shape index (κ3) is 4.82. The summed E-state index contributed by atoms with van der Waals surface area (Å²) < 4.78 is 12.1. The smallest absolute Gasteiger partial charge is 0.410 e. The van der Waals surface area contributed by atoms with Crippen LogP contribution in [0.3, 0.4) is 0 Å². The van der Waals surface area contributed by atoms with E-state index in [9.17, 15) is 9.90 Å². The van der Waals surface area contributed by atoms with Crippen molar-refractivity contribution in [3.63, 3.8) is 0 Å². The Labute approximate surface area is 144 Å². The highest BCUT2D eigenvalue weighted by molar-refractivity contribution is 14.1. The van der Waals surface area contributed by atoms with Crippen LogP contribution in [0.2, 0.25) is 0 Å². The highest BCUT2D eigenvalue weighted by Crippen LogP contribution is 2.24. The average Bonchev–Trinajstić information content (AvgIpc) is 2.45. The van der Waals surface area contributed by atoms with E-state index in [0.717, 1.165) is 9.13 Å². The second kappa shape index (κ2) is 7.14. The Hall–Kier alpha value is -0.860. The fourth-order valence-electron chi connectivity index (χ4n) is 2.26. The lowest BCUT2D eigenvalue weighted by Gasteiger charge is -2.36. The zero-order valence-electron chi connectivity index (χ0n) is 13.1. The summed E-state index contributed by atoms with van der Waals surface area (Å²) in [6.45, 7) is 6.70. The van der Waals surface area contributed by atoms with E-state index in [0.29, 0.717) is 19.7 Å². The number of nitrogens with zero attached hydrogens (tertiary/aromatic N) is 1. The molecule has 1 amide bonds. The molecule has 2 atom stereocenters. The predicted molar refractivity (Wildman–Crippen MR) is 91.7 cm³/mol. The summed E-state index contributed by atoms with van der Waals surface area (Å²) in [4.78, 5) is 13.7. The first-order valence-electron chi connectivity index (χ1n) is 7.29. The normalized spacial score (nSPS) is 20.6. The van der Waals surface area contributed by atoms with Crippen molar-refractivity contribution in [3.8, 4) is 0 Å². The number of aliphatic hydroxyl groups excluding tert-OH is 1. The van der Waals surface area contributed by atoms with E-state index < -0.39 is 17.8 Å². The molecule has 0 aromatic heterocycles. The van der Waals surface area contributed by atoms with Crippen molar-refractivity contribution >= 4 is 28.7 Å². The van der Waals surface area contributed by atoms with E-state index in [1.54, 1.807) is 4.90 Å². The molecular weight excluding hydrogens is 397 g/mol.